The molecular weight excluding hydrogens is 540 g/mol. The van der Waals surface area contributed by atoms with Crippen molar-refractivity contribution in [1.82, 2.24) is 9.55 Å². The average molecular weight is 561 g/mol. The van der Waals surface area contributed by atoms with Crippen molar-refractivity contribution in [2.24, 2.45) is 0 Å². The number of hydrogen-bond acceptors (Lipinski definition) is 3. The third kappa shape index (κ3) is 3.46. The van der Waals surface area contributed by atoms with Gasteiger partial charge in [0.15, 0.2) is 5.58 Å². The van der Waals surface area contributed by atoms with Gasteiger partial charge in [-0.1, -0.05) is 72.3 Å². The minimum Gasteiger partial charge on any atom is -0.456 e. The number of nitrogens with zero attached hydrogens (tertiary/aromatic N) is 2. The quantitative estimate of drug-likeness (QED) is 0.216. The molecular formula is C37H21ClN2O2. The second-order valence-electron chi connectivity index (χ2n) is 10.5. The Morgan fingerprint density at radius 3 is 2.29 bits per heavy atom. The number of furan rings is 1. The van der Waals surface area contributed by atoms with Crippen LogP contribution in [-0.4, -0.2) is 9.55 Å². The summed E-state index contributed by atoms with van der Waals surface area (Å²) < 4.78 is 14.9. The number of rotatable bonds is 3. The zero-order valence-corrected chi connectivity index (χ0v) is 23.0. The predicted octanol–water partition coefficient (Wildman–Crippen LogP) is 10.8. The van der Waals surface area contributed by atoms with Crippen LogP contribution < -0.4 is 0 Å². The standard InChI is InChI=1S/C37H21ClN2O2/c38-25-14-17-33-29(21-25)35-34(41-33)18-15-30-36(35)42-37(39-30)24-13-16-32-28(20-24)27-11-4-5-12-31(27)40(32)26-10-6-9-23(19-26)22-7-2-1-3-8-22/h1-21H. The van der Waals surface area contributed by atoms with E-state index in [0.717, 1.165) is 55.1 Å². The second-order valence-corrected chi connectivity index (χ2v) is 11.0. The summed E-state index contributed by atoms with van der Waals surface area (Å²) in [4.78, 5) is 4.89. The van der Waals surface area contributed by atoms with Crippen molar-refractivity contribution >= 4 is 66.4 Å². The topological polar surface area (TPSA) is 44.1 Å². The Hall–Kier alpha value is -5.32. The Labute approximate surface area is 245 Å². The highest BCUT2D eigenvalue weighted by Gasteiger charge is 2.19. The molecule has 0 N–H and O–H groups in total. The van der Waals surface area contributed by atoms with E-state index in [2.05, 4.69) is 95.6 Å². The van der Waals surface area contributed by atoms with Crippen molar-refractivity contribution in [3.63, 3.8) is 0 Å². The maximum Gasteiger partial charge on any atom is 0.227 e. The van der Waals surface area contributed by atoms with Crippen molar-refractivity contribution in [2.75, 3.05) is 0 Å². The molecule has 198 valence electrons. The van der Waals surface area contributed by atoms with Gasteiger partial charge < -0.3 is 13.4 Å². The van der Waals surface area contributed by atoms with Crippen LogP contribution in [0.3, 0.4) is 0 Å². The normalized spacial score (nSPS) is 11.9. The molecule has 0 fully saturated rings. The van der Waals surface area contributed by atoms with E-state index in [1.54, 1.807) is 0 Å². The van der Waals surface area contributed by atoms with Gasteiger partial charge in [0.05, 0.1) is 16.4 Å². The maximum atomic E-state index is 6.47. The lowest BCUT2D eigenvalue weighted by Gasteiger charge is -2.10. The van der Waals surface area contributed by atoms with Crippen molar-refractivity contribution in [2.45, 2.75) is 0 Å². The minimum atomic E-state index is 0.568. The van der Waals surface area contributed by atoms with E-state index in [1.165, 1.54) is 16.5 Å². The summed E-state index contributed by atoms with van der Waals surface area (Å²) in [5.41, 5.74) is 9.67. The molecule has 0 spiro atoms. The number of oxazole rings is 1. The first-order valence-corrected chi connectivity index (χ1v) is 14.2. The fourth-order valence-corrected chi connectivity index (χ4v) is 6.35. The molecule has 42 heavy (non-hydrogen) atoms. The Bertz CT molecular complexity index is 2480. The van der Waals surface area contributed by atoms with Gasteiger partial charge >= 0.3 is 0 Å². The van der Waals surface area contributed by atoms with E-state index in [1.807, 2.05) is 36.4 Å². The molecule has 3 heterocycles. The van der Waals surface area contributed by atoms with Crippen molar-refractivity contribution in [3.05, 3.63) is 132 Å². The molecule has 9 aromatic rings. The van der Waals surface area contributed by atoms with E-state index in [9.17, 15) is 0 Å². The Balaban J connectivity index is 1.24. The van der Waals surface area contributed by atoms with Crippen LogP contribution in [0.5, 0.6) is 0 Å². The molecule has 0 saturated heterocycles. The number of para-hydroxylation sites is 1. The zero-order valence-electron chi connectivity index (χ0n) is 22.2. The summed E-state index contributed by atoms with van der Waals surface area (Å²) in [6.45, 7) is 0. The van der Waals surface area contributed by atoms with E-state index in [0.29, 0.717) is 16.5 Å². The number of hydrogen-bond donors (Lipinski definition) is 0. The SMILES string of the molecule is Clc1ccc2oc3ccc4nc(-c5ccc6c(c5)c5ccccc5n6-c5cccc(-c6ccccc6)c5)oc4c3c2c1. The molecule has 9 rings (SSSR count). The van der Waals surface area contributed by atoms with Crippen molar-refractivity contribution < 1.29 is 8.83 Å². The fraction of sp³-hybridized carbons (Fsp3) is 0. The molecule has 0 aliphatic heterocycles. The van der Waals surface area contributed by atoms with Crippen LogP contribution in [0.25, 0.3) is 83.1 Å². The Morgan fingerprint density at radius 1 is 0.548 bits per heavy atom. The summed E-state index contributed by atoms with van der Waals surface area (Å²) in [7, 11) is 0. The second kappa shape index (κ2) is 8.84. The van der Waals surface area contributed by atoms with E-state index in [4.69, 9.17) is 25.4 Å². The molecule has 0 aliphatic rings. The van der Waals surface area contributed by atoms with Crippen LogP contribution in [0, 0.1) is 0 Å². The first kappa shape index (κ1) is 23.4. The van der Waals surface area contributed by atoms with Gasteiger partial charge in [-0.2, -0.15) is 0 Å². The molecule has 5 heteroatoms. The minimum absolute atomic E-state index is 0.568. The summed E-state index contributed by atoms with van der Waals surface area (Å²) in [5.74, 6) is 0.568. The number of fused-ring (bicyclic) bond motifs is 8. The van der Waals surface area contributed by atoms with Gasteiger partial charge in [-0.25, -0.2) is 4.98 Å². The van der Waals surface area contributed by atoms with Crippen LogP contribution in [0.1, 0.15) is 0 Å². The molecule has 0 bridgehead atoms. The van der Waals surface area contributed by atoms with Crippen LogP contribution in [0.15, 0.2) is 136 Å². The fourth-order valence-electron chi connectivity index (χ4n) is 6.18. The molecule has 0 aliphatic carbocycles. The third-order valence-corrected chi connectivity index (χ3v) is 8.32. The lowest BCUT2D eigenvalue weighted by Crippen LogP contribution is -1.94. The van der Waals surface area contributed by atoms with E-state index in [-0.39, 0.29) is 0 Å². The van der Waals surface area contributed by atoms with E-state index < -0.39 is 0 Å². The lowest BCUT2D eigenvalue weighted by molar-refractivity contribution is 0.622. The van der Waals surface area contributed by atoms with Crippen LogP contribution in [0.4, 0.5) is 0 Å². The predicted molar refractivity (Wildman–Crippen MR) is 172 cm³/mol. The smallest absolute Gasteiger partial charge is 0.227 e. The summed E-state index contributed by atoms with van der Waals surface area (Å²) in [6.07, 6.45) is 0. The maximum absolute atomic E-state index is 6.47. The highest BCUT2D eigenvalue weighted by atomic mass is 35.5. The van der Waals surface area contributed by atoms with Crippen LogP contribution >= 0.6 is 11.6 Å². The Kier molecular flexibility index (Phi) is 4.92. The van der Waals surface area contributed by atoms with Crippen molar-refractivity contribution in [3.8, 4) is 28.3 Å². The van der Waals surface area contributed by atoms with Gasteiger partial charge in [-0.3, -0.25) is 0 Å². The lowest BCUT2D eigenvalue weighted by atomic mass is 10.1. The molecule has 0 atom stereocenters. The van der Waals surface area contributed by atoms with Gasteiger partial charge in [-0.15, -0.1) is 0 Å². The van der Waals surface area contributed by atoms with Crippen LogP contribution in [-0.2, 0) is 0 Å². The molecule has 6 aromatic carbocycles. The summed E-state index contributed by atoms with van der Waals surface area (Å²) >= 11 is 6.33. The number of aromatic nitrogens is 2. The summed E-state index contributed by atoms with van der Waals surface area (Å²) in [5, 5.41) is 4.77. The van der Waals surface area contributed by atoms with Gasteiger partial charge in [0.2, 0.25) is 5.89 Å². The number of benzene rings is 6. The monoisotopic (exact) mass is 560 g/mol. The molecule has 3 aromatic heterocycles. The van der Waals surface area contributed by atoms with Gasteiger partial charge in [0.1, 0.15) is 16.7 Å². The van der Waals surface area contributed by atoms with Crippen molar-refractivity contribution in [1.29, 1.82) is 0 Å². The van der Waals surface area contributed by atoms with Gasteiger partial charge in [0, 0.05) is 32.4 Å². The number of halogens is 1. The highest BCUT2D eigenvalue weighted by Crippen LogP contribution is 2.39. The first-order valence-electron chi connectivity index (χ1n) is 13.8. The first-order chi connectivity index (χ1) is 20.7. The van der Waals surface area contributed by atoms with Gasteiger partial charge in [0.25, 0.3) is 0 Å². The molecule has 0 saturated carbocycles. The third-order valence-electron chi connectivity index (χ3n) is 8.08. The van der Waals surface area contributed by atoms with Crippen LogP contribution in [0.2, 0.25) is 5.02 Å². The zero-order chi connectivity index (χ0) is 27.8. The van der Waals surface area contributed by atoms with Gasteiger partial charge in [-0.05, 0) is 77.9 Å². The Morgan fingerprint density at radius 2 is 1.36 bits per heavy atom. The molecule has 0 radical (unpaired) electrons. The summed E-state index contributed by atoms with van der Waals surface area (Å²) in [6, 6.07) is 43.7. The largest absolute Gasteiger partial charge is 0.456 e. The van der Waals surface area contributed by atoms with E-state index >= 15 is 0 Å². The average Bonchev–Trinajstić information content (AvgIpc) is 3.72. The molecule has 4 nitrogen and oxygen atoms in total. The molecule has 0 unspecified atom stereocenters. The highest BCUT2D eigenvalue weighted by molar-refractivity contribution is 6.32. The molecule has 0 amide bonds.